The number of benzene rings is 2. The van der Waals surface area contributed by atoms with E-state index in [1.54, 1.807) is 13.2 Å². The van der Waals surface area contributed by atoms with Crippen LogP contribution in [0.15, 0.2) is 70.6 Å². The first-order chi connectivity index (χ1) is 19.1. The van der Waals surface area contributed by atoms with E-state index in [1.807, 2.05) is 72.2 Å². The molecule has 2 aromatic carbocycles. The van der Waals surface area contributed by atoms with Crippen molar-refractivity contribution in [2.45, 2.75) is 48.1 Å². The van der Waals surface area contributed by atoms with Crippen molar-refractivity contribution in [1.82, 2.24) is 26.0 Å². The van der Waals surface area contributed by atoms with E-state index in [2.05, 4.69) is 20.5 Å². The Morgan fingerprint density at radius 3 is 2.77 bits per heavy atom. The average Bonchev–Trinajstić information content (AvgIpc) is 3.37. The summed E-state index contributed by atoms with van der Waals surface area (Å²) in [7, 11) is 1.61. The van der Waals surface area contributed by atoms with E-state index in [4.69, 9.17) is 9.94 Å². The van der Waals surface area contributed by atoms with Crippen LogP contribution in [0.4, 0.5) is 0 Å². The highest BCUT2D eigenvalue weighted by molar-refractivity contribution is 7.99. The van der Waals surface area contributed by atoms with Crippen LogP contribution in [0, 0.1) is 0 Å². The fraction of sp³-hybridized carbons (Fsp3) is 0.276. The second kappa shape index (κ2) is 14.5. The van der Waals surface area contributed by atoms with Gasteiger partial charge in [0.1, 0.15) is 12.0 Å². The van der Waals surface area contributed by atoms with Gasteiger partial charge in [0, 0.05) is 28.4 Å². The standard InChI is InChI=1S/C29H33N5O4S/c1-30-29(36)28-25(38-18-7-3-2-4-12-27(35)34-37)10-8-11-26(28)39-21-14-15-22-23(32-33-24(22)19-21)16-13-20-9-5-6-17-31-20/h5-6,8-11,13-17,19,27,34-35,37H,2-4,7,12,18H2,1H3,(H,30,36)(H,32,33)/b16-13+. The molecule has 0 aliphatic heterocycles. The minimum absolute atomic E-state index is 0.205. The van der Waals surface area contributed by atoms with E-state index in [9.17, 15) is 9.90 Å². The molecule has 0 bridgehead atoms. The Bertz CT molecular complexity index is 1390. The number of pyridine rings is 1. The van der Waals surface area contributed by atoms with Gasteiger partial charge in [0.2, 0.25) is 0 Å². The molecule has 1 unspecified atom stereocenters. The van der Waals surface area contributed by atoms with Crippen molar-refractivity contribution in [2.24, 2.45) is 0 Å². The number of hydrogen-bond acceptors (Lipinski definition) is 8. The van der Waals surface area contributed by atoms with Crippen LogP contribution >= 0.6 is 11.8 Å². The lowest BCUT2D eigenvalue weighted by Gasteiger charge is -2.15. The van der Waals surface area contributed by atoms with E-state index < -0.39 is 6.23 Å². The summed E-state index contributed by atoms with van der Waals surface area (Å²) in [5.74, 6) is 0.340. The monoisotopic (exact) mass is 547 g/mol. The predicted octanol–water partition coefficient (Wildman–Crippen LogP) is 5.27. The zero-order chi connectivity index (χ0) is 27.5. The second-order valence-corrected chi connectivity index (χ2v) is 10.0. The van der Waals surface area contributed by atoms with Crippen LogP contribution in [0.3, 0.4) is 0 Å². The van der Waals surface area contributed by atoms with Gasteiger partial charge in [-0.25, -0.2) is 0 Å². The summed E-state index contributed by atoms with van der Waals surface area (Å²) >= 11 is 1.49. The fourth-order valence-electron chi connectivity index (χ4n) is 4.08. The summed E-state index contributed by atoms with van der Waals surface area (Å²) in [6.07, 6.45) is 8.68. The molecule has 2 aromatic heterocycles. The number of hydroxylamine groups is 1. The number of carbonyl (C=O) groups excluding carboxylic acids is 1. The number of hydrogen-bond donors (Lipinski definition) is 5. The molecule has 0 saturated heterocycles. The maximum absolute atomic E-state index is 12.8. The summed E-state index contributed by atoms with van der Waals surface area (Å²) in [6, 6.07) is 17.5. The van der Waals surface area contributed by atoms with Gasteiger partial charge in [-0.15, -0.1) is 0 Å². The molecule has 4 aromatic rings. The highest BCUT2D eigenvalue weighted by atomic mass is 32.2. The van der Waals surface area contributed by atoms with Crippen molar-refractivity contribution in [2.75, 3.05) is 13.7 Å². The summed E-state index contributed by atoms with van der Waals surface area (Å²) < 4.78 is 6.02. The third-order valence-electron chi connectivity index (χ3n) is 6.11. The first-order valence-corrected chi connectivity index (χ1v) is 13.7. The SMILES string of the molecule is CNC(=O)c1c(OCCCCCCC(O)NO)cccc1Sc1ccc2c(/C=C/c3ccccn3)n[nH]c2c1. The molecule has 204 valence electrons. The number of unbranched alkanes of at least 4 members (excludes halogenated alkanes) is 3. The van der Waals surface area contributed by atoms with Crippen LogP contribution in [0.1, 0.15) is 53.8 Å². The molecule has 4 rings (SSSR count). The zero-order valence-electron chi connectivity index (χ0n) is 21.8. The summed E-state index contributed by atoms with van der Waals surface area (Å²) in [4.78, 5) is 18.9. The lowest BCUT2D eigenvalue weighted by molar-refractivity contribution is -0.00395. The number of H-pyrrole nitrogens is 1. The van der Waals surface area contributed by atoms with Crippen molar-refractivity contribution in [1.29, 1.82) is 0 Å². The lowest BCUT2D eigenvalue weighted by Crippen LogP contribution is -2.24. The first kappa shape index (κ1) is 28.3. The molecule has 1 amide bonds. The minimum atomic E-state index is -0.887. The molecule has 1 atom stereocenters. The van der Waals surface area contributed by atoms with E-state index in [1.165, 1.54) is 11.8 Å². The Hall–Kier alpha value is -3.70. The molecular weight excluding hydrogens is 514 g/mol. The number of aliphatic hydroxyl groups excluding tert-OH is 1. The quantitative estimate of drug-likeness (QED) is 0.0820. The lowest BCUT2D eigenvalue weighted by atomic mass is 10.1. The van der Waals surface area contributed by atoms with Gasteiger partial charge in [-0.2, -0.15) is 10.6 Å². The van der Waals surface area contributed by atoms with Gasteiger partial charge >= 0.3 is 0 Å². The van der Waals surface area contributed by atoms with Crippen molar-refractivity contribution >= 4 is 40.7 Å². The number of carbonyl (C=O) groups is 1. The van der Waals surface area contributed by atoms with Gasteiger partial charge in [-0.3, -0.25) is 14.9 Å². The molecular formula is C29H33N5O4S. The predicted molar refractivity (Wildman–Crippen MR) is 153 cm³/mol. The van der Waals surface area contributed by atoms with Crippen LogP contribution < -0.4 is 15.5 Å². The Balaban J connectivity index is 1.43. The zero-order valence-corrected chi connectivity index (χ0v) is 22.6. The molecule has 0 aliphatic rings. The van der Waals surface area contributed by atoms with Crippen LogP contribution in [-0.4, -0.2) is 51.3 Å². The van der Waals surface area contributed by atoms with Gasteiger partial charge in [0.25, 0.3) is 5.91 Å². The average molecular weight is 548 g/mol. The van der Waals surface area contributed by atoms with Crippen LogP contribution in [0.5, 0.6) is 5.75 Å². The first-order valence-electron chi connectivity index (χ1n) is 12.9. The Morgan fingerprint density at radius 1 is 1.10 bits per heavy atom. The molecule has 0 fully saturated rings. The number of fused-ring (bicyclic) bond motifs is 1. The molecule has 10 heteroatoms. The van der Waals surface area contributed by atoms with Crippen LogP contribution in [0.25, 0.3) is 23.1 Å². The molecule has 5 N–H and O–H groups in total. The van der Waals surface area contributed by atoms with E-state index in [-0.39, 0.29) is 5.91 Å². The molecule has 0 radical (unpaired) electrons. The Kier molecular flexibility index (Phi) is 10.5. The van der Waals surface area contributed by atoms with E-state index in [0.717, 1.165) is 57.8 Å². The number of rotatable bonds is 14. The Morgan fingerprint density at radius 2 is 1.97 bits per heavy atom. The van der Waals surface area contributed by atoms with Gasteiger partial charge < -0.3 is 20.4 Å². The van der Waals surface area contributed by atoms with Crippen molar-refractivity contribution in [3.8, 4) is 5.75 Å². The van der Waals surface area contributed by atoms with Gasteiger partial charge in [-0.1, -0.05) is 36.7 Å². The van der Waals surface area contributed by atoms with Crippen molar-refractivity contribution in [3.05, 3.63) is 77.7 Å². The summed E-state index contributed by atoms with van der Waals surface area (Å²) in [6.45, 7) is 0.480. The Labute approximate surface area is 231 Å². The number of amides is 1. The number of ether oxygens (including phenoxy) is 1. The smallest absolute Gasteiger partial charge is 0.255 e. The molecule has 39 heavy (non-hydrogen) atoms. The van der Waals surface area contributed by atoms with Gasteiger partial charge in [0.05, 0.1) is 29.1 Å². The van der Waals surface area contributed by atoms with Gasteiger partial charge in [-0.05, 0) is 73.9 Å². The highest BCUT2D eigenvalue weighted by Gasteiger charge is 2.18. The molecule has 2 heterocycles. The molecule has 0 saturated carbocycles. The van der Waals surface area contributed by atoms with Crippen molar-refractivity contribution < 1.29 is 19.8 Å². The number of aromatic nitrogens is 3. The molecule has 0 aliphatic carbocycles. The normalized spacial score (nSPS) is 12.2. The van der Waals surface area contributed by atoms with E-state index >= 15 is 0 Å². The van der Waals surface area contributed by atoms with Gasteiger partial charge in [0.15, 0.2) is 0 Å². The van der Waals surface area contributed by atoms with Crippen LogP contribution in [0.2, 0.25) is 0 Å². The third kappa shape index (κ3) is 7.90. The number of nitrogens with one attached hydrogen (secondary N) is 3. The molecule has 9 nitrogen and oxygen atoms in total. The minimum Gasteiger partial charge on any atom is -0.493 e. The molecule has 0 spiro atoms. The fourth-order valence-corrected chi connectivity index (χ4v) is 5.09. The summed E-state index contributed by atoms with van der Waals surface area (Å²) in [5, 5.41) is 29.2. The van der Waals surface area contributed by atoms with Crippen LogP contribution in [-0.2, 0) is 0 Å². The second-order valence-electron chi connectivity index (χ2n) is 8.91. The summed E-state index contributed by atoms with van der Waals surface area (Å²) in [5.41, 5.74) is 4.93. The number of aliphatic hydroxyl groups is 1. The largest absolute Gasteiger partial charge is 0.493 e. The van der Waals surface area contributed by atoms with E-state index in [0.29, 0.717) is 24.3 Å². The van der Waals surface area contributed by atoms with Crippen molar-refractivity contribution in [3.63, 3.8) is 0 Å². The number of aromatic amines is 1. The number of nitrogens with zero attached hydrogens (tertiary/aromatic N) is 2. The maximum Gasteiger partial charge on any atom is 0.255 e. The third-order valence-corrected chi connectivity index (χ3v) is 7.16. The topological polar surface area (TPSA) is 132 Å². The highest BCUT2D eigenvalue weighted by Crippen LogP contribution is 2.36. The maximum atomic E-state index is 12.8.